The van der Waals surface area contributed by atoms with Crippen LogP contribution in [0.25, 0.3) is 10.6 Å². The first-order valence-electron chi connectivity index (χ1n) is 10.4. The molecule has 7 nitrogen and oxygen atoms in total. The maximum atomic E-state index is 12.7. The van der Waals surface area contributed by atoms with Gasteiger partial charge in [0.25, 0.3) is 0 Å². The van der Waals surface area contributed by atoms with Gasteiger partial charge in [-0.2, -0.15) is 0 Å². The third-order valence-electron chi connectivity index (χ3n) is 5.16. The van der Waals surface area contributed by atoms with Gasteiger partial charge in [0.05, 0.1) is 29.8 Å². The third kappa shape index (κ3) is 5.35. The Kier molecular flexibility index (Phi) is 6.59. The van der Waals surface area contributed by atoms with Crippen molar-refractivity contribution in [2.75, 3.05) is 12.4 Å². The van der Waals surface area contributed by atoms with Gasteiger partial charge in [-0.15, -0.1) is 11.3 Å². The van der Waals surface area contributed by atoms with Gasteiger partial charge in [-0.1, -0.05) is 31.2 Å². The molecule has 1 fully saturated rings. The quantitative estimate of drug-likeness (QED) is 0.492. The van der Waals surface area contributed by atoms with Crippen LogP contribution in [-0.2, 0) is 27.7 Å². The summed E-state index contributed by atoms with van der Waals surface area (Å²) in [5.74, 6) is 0.0879. The lowest BCUT2D eigenvalue weighted by Crippen LogP contribution is -2.26. The van der Waals surface area contributed by atoms with Crippen molar-refractivity contribution in [3.63, 3.8) is 0 Å². The largest absolute Gasteiger partial charge is 0.495 e. The molecular weight excluding hydrogens is 446 g/mol. The molecule has 1 amide bonds. The molecule has 1 aliphatic carbocycles. The normalized spacial score (nSPS) is 13.7. The van der Waals surface area contributed by atoms with E-state index in [0.717, 1.165) is 29.8 Å². The number of anilines is 1. The van der Waals surface area contributed by atoms with Crippen LogP contribution in [-0.4, -0.2) is 32.5 Å². The second-order valence-electron chi connectivity index (χ2n) is 7.68. The molecule has 9 heteroatoms. The number of nitrogens with one attached hydrogen (secondary N) is 2. The van der Waals surface area contributed by atoms with E-state index in [9.17, 15) is 13.2 Å². The Morgan fingerprint density at radius 3 is 2.59 bits per heavy atom. The lowest BCUT2D eigenvalue weighted by molar-refractivity contribution is -0.115. The number of nitrogens with zero attached hydrogens (tertiary/aromatic N) is 1. The van der Waals surface area contributed by atoms with Crippen molar-refractivity contribution in [3.05, 3.63) is 59.1 Å². The first-order chi connectivity index (χ1) is 15.4. The zero-order chi connectivity index (χ0) is 22.7. The average molecular weight is 472 g/mol. The van der Waals surface area contributed by atoms with Crippen molar-refractivity contribution in [2.24, 2.45) is 0 Å². The lowest BCUT2D eigenvalue weighted by Gasteiger charge is -2.12. The van der Waals surface area contributed by atoms with E-state index in [2.05, 4.69) is 34.1 Å². The molecule has 1 aromatic heterocycles. The summed E-state index contributed by atoms with van der Waals surface area (Å²) in [4.78, 5) is 17.3. The Labute approximate surface area is 191 Å². The number of aryl methyl sites for hydroxylation is 1. The van der Waals surface area contributed by atoms with Crippen LogP contribution >= 0.6 is 11.3 Å². The lowest BCUT2D eigenvalue weighted by atomic mass is 10.1. The minimum Gasteiger partial charge on any atom is -0.495 e. The first-order valence-corrected chi connectivity index (χ1v) is 12.8. The summed E-state index contributed by atoms with van der Waals surface area (Å²) in [5, 5.41) is 5.48. The van der Waals surface area contributed by atoms with Crippen molar-refractivity contribution in [3.8, 4) is 16.3 Å². The summed E-state index contributed by atoms with van der Waals surface area (Å²) in [5.41, 5.74) is 3.24. The van der Waals surface area contributed by atoms with Gasteiger partial charge in [0, 0.05) is 17.0 Å². The fraction of sp³-hybridized carbons (Fsp3) is 0.304. The van der Waals surface area contributed by atoms with Crippen molar-refractivity contribution in [2.45, 2.75) is 43.5 Å². The van der Waals surface area contributed by atoms with Crippen molar-refractivity contribution < 1.29 is 17.9 Å². The van der Waals surface area contributed by atoms with Crippen LogP contribution in [0.3, 0.4) is 0 Å². The molecule has 4 rings (SSSR count). The number of hydrogen-bond donors (Lipinski definition) is 2. The average Bonchev–Trinajstić information content (AvgIpc) is 3.47. The van der Waals surface area contributed by atoms with Crippen LogP contribution in [0.15, 0.2) is 52.7 Å². The summed E-state index contributed by atoms with van der Waals surface area (Å²) in [7, 11) is -2.17. The Balaban J connectivity index is 1.46. The molecule has 0 spiro atoms. The third-order valence-corrected chi connectivity index (χ3v) is 7.62. The zero-order valence-corrected chi connectivity index (χ0v) is 19.6. The Hall–Kier alpha value is -2.75. The van der Waals surface area contributed by atoms with E-state index in [1.807, 2.05) is 17.5 Å². The number of thiazole rings is 1. The molecule has 168 valence electrons. The van der Waals surface area contributed by atoms with Crippen LogP contribution in [0.4, 0.5) is 5.69 Å². The molecule has 1 aliphatic rings. The number of sulfonamides is 1. The van der Waals surface area contributed by atoms with Gasteiger partial charge in [0.2, 0.25) is 15.9 Å². The number of benzene rings is 2. The zero-order valence-electron chi connectivity index (χ0n) is 17.9. The van der Waals surface area contributed by atoms with E-state index in [4.69, 9.17) is 4.74 Å². The predicted molar refractivity (Wildman–Crippen MR) is 126 cm³/mol. The van der Waals surface area contributed by atoms with Gasteiger partial charge in [-0.3, -0.25) is 4.79 Å². The van der Waals surface area contributed by atoms with Gasteiger partial charge >= 0.3 is 0 Å². The van der Waals surface area contributed by atoms with Crippen LogP contribution in [0.1, 0.15) is 31.0 Å². The van der Waals surface area contributed by atoms with Crippen molar-refractivity contribution in [1.29, 1.82) is 0 Å². The molecule has 32 heavy (non-hydrogen) atoms. The summed E-state index contributed by atoms with van der Waals surface area (Å²) in [6.45, 7) is 2.11. The highest BCUT2D eigenvalue weighted by Crippen LogP contribution is 2.30. The highest BCUT2D eigenvalue weighted by molar-refractivity contribution is 7.89. The smallest absolute Gasteiger partial charge is 0.240 e. The maximum absolute atomic E-state index is 12.7. The molecule has 0 radical (unpaired) electrons. The molecule has 0 atom stereocenters. The van der Waals surface area contributed by atoms with Crippen molar-refractivity contribution >= 4 is 33.0 Å². The van der Waals surface area contributed by atoms with Gasteiger partial charge in [0.15, 0.2) is 0 Å². The monoisotopic (exact) mass is 471 g/mol. The molecule has 1 saturated carbocycles. The fourth-order valence-electron chi connectivity index (χ4n) is 3.20. The summed E-state index contributed by atoms with van der Waals surface area (Å²) in [6.07, 6.45) is 2.74. The number of carbonyl (C=O) groups excluding carboxylic acids is 1. The SMILES string of the molecule is CCc1ccc(-c2nc(CC(=O)Nc3cc(S(=O)(=O)NC4CC4)ccc3OC)cs2)cc1. The van der Waals surface area contributed by atoms with Crippen LogP contribution in [0.5, 0.6) is 5.75 Å². The van der Waals surface area contributed by atoms with E-state index < -0.39 is 10.0 Å². The van der Waals surface area contributed by atoms with Crippen LogP contribution < -0.4 is 14.8 Å². The molecule has 0 aliphatic heterocycles. The fourth-order valence-corrected chi connectivity index (χ4v) is 5.36. The van der Waals surface area contributed by atoms with Gasteiger partial charge in [0.1, 0.15) is 10.8 Å². The summed E-state index contributed by atoms with van der Waals surface area (Å²) < 4.78 is 33.0. The van der Waals surface area contributed by atoms with E-state index in [0.29, 0.717) is 17.1 Å². The van der Waals surface area contributed by atoms with Gasteiger partial charge < -0.3 is 10.1 Å². The number of rotatable bonds is 9. The molecule has 2 aromatic carbocycles. The molecule has 3 aromatic rings. The molecule has 1 heterocycles. The second-order valence-corrected chi connectivity index (χ2v) is 10.2. The second kappa shape index (κ2) is 9.40. The number of ether oxygens (including phenoxy) is 1. The van der Waals surface area contributed by atoms with E-state index >= 15 is 0 Å². The Bertz CT molecular complexity index is 1220. The van der Waals surface area contributed by atoms with Crippen molar-refractivity contribution in [1.82, 2.24) is 9.71 Å². The van der Waals surface area contributed by atoms with E-state index in [1.165, 1.54) is 42.2 Å². The van der Waals surface area contributed by atoms with E-state index in [-0.39, 0.29) is 23.3 Å². The molecule has 0 saturated heterocycles. The minimum absolute atomic E-state index is 0.00261. The molecule has 0 unspecified atom stereocenters. The highest BCUT2D eigenvalue weighted by Gasteiger charge is 2.28. The maximum Gasteiger partial charge on any atom is 0.240 e. The van der Waals surface area contributed by atoms with Crippen LogP contribution in [0, 0.1) is 0 Å². The standard InChI is InChI=1S/C23H25N3O4S2/c1-3-15-4-6-16(7-5-15)23-24-18(14-31-23)12-22(27)25-20-13-19(10-11-21(20)30-2)32(28,29)26-17-8-9-17/h4-7,10-11,13-14,17,26H,3,8-9,12H2,1-2H3,(H,25,27). The summed E-state index contributed by atoms with van der Waals surface area (Å²) >= 11 is 1.49. The number of carbonyl (C=O) groups is 1. The topological polar surface area (TPSA) is 97.4 Å². The minimum atomic E-state index is -3.64. The van der Waals surface area contributed by atoms with Crippen LogP contribution in [0.2, 0.25) is 0 Å². The predicted octanol–water partition coefficient (Wildman–Crippen LogP) is 4.00. The molecular formula is C23H25N3O4S2. The van der Waals surface area contributed by atoms with E-state index in [1.54, 1.807) is 0 Å². The molecule has 2 N–H and O–H groups in total. The molecule has 0 bridgehead atoms. The highest BCUT2D eigenvalue weighted by atomic mass is 32.2. The first kappa shape index (κ1) is 22.4. The number of methoxy groups -OCH3 is 1. The number of hydrogen-bond acceptors (Lipinski definition) is 6. The summed E-state index contributed by atoms with van der Waals surface area (Å²) in [6, 6.07) is 12.7. The number of amides is 1. The number of aromatic nitrogens is 1. The van der Waals surface area contributed by atoms with Gasteiger partial charge in [-0.25, -0.2) is 18.1 Å². The van der Waals surface area contributed by atoms with Gasteiger partial charge in [-0.05, 0) is 43.0 Å². The Morgan fingerprint density at radius 1 is 1.19 bits per heavy atom. The Morgan fingerprint density at radius 2 is 1.94 bits per heavy atom.